The highest BCUT2D eigenvalue weighted by Gasteiger charge is 2.22. The number of nitrogens with zero attached hydrogens (tertiary/aromatic N) is 4. The Morgan fingerprint density at radius 2 is 0.287 bits per heavy atom. The quantitative estimate of drug-likeness (QED) is 0.130. The Bertz CT molecular complexity index is 6060. The molecule has 0 aliphatic carbocycles. The van der Waals surface area contributed by atoms with Crippen LogP contribution in [0.4, 0.5) is 0 Å². The molecule has 438 valence electrons. The van der Waals surface area contributed by atoms with Crippen LogP contribution in [0.25, 0.3) is 177 Å². The summed E-state index contributed by atoms with van der Waals surface area (Å²) in [7, 11) is 0. The lowest BCUT2D eigenvalue weighted by Gasteiger charge is -2.12. The molecule has 0 saturated carbocycles. The van der Waals surface area contributed by atoms with Crippen LogP contribution in [-0.4, -0.2) is 18.3 Å². The van der Waals surface area contributed by atoms with Crippen LogP contribution in [0.1, 0.15) is 0 Å². The van der Waals surface area contributed by atoms with Gasteiger partial charge < -0.3 is 18.3 Å². The van der Waals surface area contributed by atoms with E-state index in [9.17, 15) is 0 Å². The minimum atomic E-state index is 1.10. The van der Waals surface area contributed by atoms with E-state index in [1.54, 1.807) is 0 Å². The third-order valence-corrected chi connectivity index (χ3v) is 19.6. The third-order valence-electron chi connectivity index (χ3n) is 19.6. The molecule has 0 aliphatic rings. The highest BCUT2D eigenvalue weighted by atomic mass is 15.0. The number of hydrogen-bond donors (Lipinski definition) is 0. The first-order valence-corrected chi connectivity index (χ1v) is 32.4. The first-order valence-electron chi connectivity index (χ1n) is 32.4. The monoisotopic (exact) mass is 1190 g/mol. The molecule has 4 aromatic heterocycles. The molecule has 19 rings (SSSR count). The van der Waals surface area contributed by atoms with E-state index in [4.69, 9.17) is 0 Å². The van der Waals surface area contributed by atoms with Gasteiger partial charge in [0.05, 0.1) is 44.1 Å². The van der Waals surface area contributed by atoms with Gasteiger partial charge in [0.2, 0.25) is 0 Å². The van der Waals surface area contributed by atoms with Crippen LogP contribution < -0.4 is 0 Å². The molecule has 19 aromatic rings. The van der Waals surface area contributed by atoms with Crippen LogP contribution >= 0.6 is 0 Å². The topological polar surface area (TPSA) is 19.7 Å². The number of benzene rings is 15. The Morgan fingerprint density at radius 1 is 0.117 bits per heavy atom. The molecule has 0 aliphatic heterocycles. The Morgan fingerprint density at radius 3 is 0.532 bits per heavy atom. The standard InChI is InChI=1S/C90H58N4/c1-7-19-59(20-8-1)64-31-43-83-75(51-64)76-52-65(60-21-9-2-10-22-60)32-44-84(76)92(83)72-38-40-73(41-39-72)93-85-45-33-66(61-23-11-3-12-24-61)53-77(85)79-56-69(36-48-86(79)93)70-37-49-89-80(57-70)78-54-67(62-25-13-4-14-26-62)35-47-88(78)94(89)74-42-50-90-82(58-74)81-55-68(63-27-15-5-16-28-63)34-46-87(81)91(90)71-29-17-6-18-30-71/h1-58H. The zero-order chi connectivity index (χ0) is 61.8. The van der Waals surface area contributed by atoms with Gasteiger partial charge in [-0.05, 0) is 206 Å². The van der Waals surface area contributed by atoms with Crippen LogP contribution in [-0.2, 0) is 0 Å². The Kier molecular flexibility index (Phi) is 12.3. The Balaban J connectivity index is 0.765. The van der Waals surface area contributed by atoms with Gasteiger partial charge >= 0.3 is 0 Å². The van der Waals surface area contributed by atoms with E-state index in [1.165, 1.54) is 121 Å². The lowest BCUT2D eigenvalue weighted by atomic mass is 9.98. The Labute approximate surface area is 543 Å². The molecule has 0 radical (unpaired) electrons. The summed E-state index contributed by atoms with van der Waals surface area (Å²) in [5, 5.41) is 9.70. The van der Waals surface area contributed by atoms with Crippen molar-refractivity contribution in [1.29, 1.82) is 0 Å². The van der Waals surface area contributed by atoms with Gasteiger partial charge in [0.1, 0.15) is 0 Å². The number of aromatic nitrogens is 4. The number of rotatable bonds is 10. The molecule has 0 bridgehead atoms. The second kappa shape index (κ2) is 21.6. The maximum absolute atomic E-state index is 2.48. The largest absolute Gasteiger partial charge is 0.309 e. The van der Waals surface area contributed by atoms with Crippen LogP contribution in [0, 0.1) is 0 Å². The predicted octanol–water partition coefficient (Wildman–Crippen LogP) is 24.1. The molecule has 0 saturated heterocycles. The first-order chi connectivity index (χ1) is 46.6. The van der Waals surface area contributed by atoms with Gasteiger partial charge in [0, 0.05) is 65.8 Å². The third kappa shape index (κ3) is 8.69. The summed E-state index contributed by atoms with van der Waals surface area (Å²) in [5.74, 6) is 0. The van der Waals surface area contributed by atoms with Crippen molar-refractivity contribution >= 4 is 87.2 Å². The highest BCUT2D eigenvalue weighted by Crippen LogP contribution is 2.44. The molecule has 4 nitrogen and oxygen atoms in total. The summed E-state index contributed by atoms with van der Waals surface area (Å²) in [6.07, 6.45) is 0. The molecule has 0 atom stereocenters. The van der Waals surface area contributed by atoms with Crippen LogP contribution in [0.2, 0.25) is 0 Å². The zero-order valence-corrected chi connectivity index (χ0v) is 51.3. The summed E-state index contributed by atoms with van der Waals surface area (Å²) in [4.78, 5) is 0. The number of fused-ring (bicyclic) bond motifs is 12. The van der Waals surface area contributed by atoms with Crippen LogP contribution in [0.15, 0.2) is 352 Å². The highest BCUT2D eigenvalue weighted by molar-refractivity contribution is 6.16. The maximum Gasteiger partial charge on any atom is 0.0542 e. The lowest BCUT2D eigenvalue weighted by Crippen LogP contribution is -1.97. The number of para-hydroxylation sites is 1. The van der Waals surface area contributed by atoms with Gasteiger partial charge in [-0.2, -0.15) is 0 Å². The molecule has 94 heavy (non-hydrogen) atoms. The van der Waals surface area contributed by atoms with E-state index in [1.807, 2.05) is 0 Å². The summed E-state index contributed by atoms with van der Waals surface area (Å²) >= 11 is 0. The van der Waals surface area contributed by atoms with Crippen molar-refractivity contribution < 1.29 is 0 Å². The van der Waals surface area contributed by atoms with Crippen molar-refractivity contribution in [1.82, 2.24) is 18.3 Å². The van der Waals surface area contributed by atoms with Crippen molar-refractivity contribution in [3.8, 4) is 89.5 Å². The van der Waals surface area contributed by atoms with Gasteiger partial charge in [-0.1, -0.05) is 212 Å². The fourth-order valence-electron chi connectivity index (χ4n) is 15.1. The molecule has 0 spiro atoms. The molecule has 0 amide bonds. The van der Waals surface area contributed by atoms with Crippen molar-refractivity contribution in [2.24, 2.45) is 0 Å². The van der Waals surface area contributed by atoms with Crippen LogP contribution in [0.3, 0.4) is 0 Å². The summed E-state index contributed by atoms with van der Waals surface area (Å²) in [6, 6.07) is 130. The van der Waals surface area contributed by atoms with Crippen LogP contribution in [0.5, 0.6) is 0 Å². The minimum Gasteiger partial charge on any atom is -0.309 e. The lowest BCUT2D eigenvalue weighted by molar-refractivity contribution is 1.14. The fourth-order valence-corrected chi connectivity index (χ4v) is 15.1. The minimum absolute atomic E-state index is 1.10. The molecule has 4 heteroatoms. The van der Waals surface area contributed by atoms with E-state index in [-0.39, 0.29) is 0 Å². The van der Waals surface area contributed by atoms with Gasteiger partial charge in [0.15, 0.2) is 0 Å². The van der Waals surface area contributed by atoms with Gasteiger partial charge in [-0.3, -0.25) is 0 Å². The zero-order valence-electron chi connectivity index (χ0n) is 51.3. The van der Waals surface area contributed by atoms with E-state index >= 15 is 0 Å². The normalized spacial score (nSPS) is 11.8. The average molecular weight is 1200 g/mol. The molecule has 0 unspecified atom stereocenters. The predicted molar refractivity (Wildman–Crippen MR) is 396 cm³/mol. The second-order valence-corrected chi connectivity index (χ2v) is 24.8. The number of hydrogen-bond acceptors (Lipinski definition) is 0. The smallest absolute Gasteiger partial charge is 0.0542 e. The van der Waals surface area contributed by atoms with Gasteiger partial charge in [-0.15, -0.1) is 0 Å². The molecular weight excluding hydrogens is 1140 g/mol. The summed E-state index contributed by atoms with van der Waals surface area (Å²) < 4.78 is 9.78. The molecule has 0 fully saturated rings. The second-order valence-electron chi connectivity index (χ2n) is 24.8. The molecule has 0 N–H and O–H groups in total. The van der Waals surface area contributed by atoms with Crippen molar-refractivity contribution in [2.75, 3.05) is 0 Å². The first kappa shape index (κ1) is 53.3. The molecule has 15 aromatic carbocycles. The van der Waals surface area contributed by atoms with Crippen molar-refractivity contribution in [2.45, 2.75) is 0 Å². The van der Waals surface area contributed by atoms with E-state index in [0.29, 0.717) is 0 Å². The average Bonchev–Trinajstić information content (AvgIpc) is 1.59. The van der Waals surface area contributed by atoms with E-state index in [0.717, 1.165) is 55.9 Å². The van der Waals surface area contributed by atoms with E-state index in [2.05, 4.69) is 370 Å². The summed E-state index contributed by atoms with van der Waals surface area (Å²) in [6.45, 7) is 0. The molecule has 4 heterocycles. The van der Waals surface area contributed by atoms with Crippen molar-refractivity contribution in [3.05, 3.63) is 352 Å². The fraction of sp³-hybridized carbons (Fsp3) is 0. The van der Waals surface area contributed by atoms with Gasteiger partial charge in [0.25, 0.3) is 0 Å². The van der Waals surface area contributed by atoms with Gasteiger partial charge in [-0.25, -0.2) is 0 Å². The Hall–Kier alpha value is -12.5. The summed E-state index contributed by atoms with van der Waals surface area (Å²) in [5.41, 5.74) is 28.1. The van der Waals surface area contributed by atoms with E-state index < -0.39 is 0 Å². The van der Waals surface area contributed by atoms with Crippen molar-refractivity contribution in [3.63, 3.8) is 0 Å². The SMILES string of the molecule is c1ccc(-c2ccc3c(c2)c2cc(-c4ccccc4)ccc2n3-c2ccc(-n3c4ccc(-c5ccccc5)cc4c4cc(-c5ccc6c(c5)c5cc(-c7ccccc7)ccc5n6-c5ccc6c(c5)c5cc(-c7ccccc7)ccc5n6-c5ccccc5)ccc43)cc2)cc1. The molecular formula is C90H58N4. The maximum atomic E-state index is 2.48.